The summed E-state index contributed by atoms with van der Waals surface area (Å²) in [6.07, 6.45) is 1.57. The lowest BCUT2D eigenvalue weighted by atomic mass is 10.1. The smallest absolute Gasteiger partial charge is 0.328 e. The highest BCUT2D eigenvalue weighted by Crippen LogP contribution is 2.26. The van der Waals surface area contributed by atoms with E-state index in [4.69, 9.17) is 23.2 Å². The van der Waals surface area contributed by atoms with Crippen LogP contribution in [0.5, 0.6) is 0 Å². The number of ether oxygens (including phenoxy) is 1. The van der Waals surface area contributed by atoms with Crippen molar-refractivity contribution in [3.63, 3.8) is 0 Å². The highest BCUT2D eigenvalue weighted by molar-refractivity contribution is 6.37. The van der Waals surface area contributed by atoms with Crippen LogP contribution in [-0.4, -0.2) is 25.0 Å². The normalized spacial score (nSPS) is 12.8. The van der Waals surface area contributed by atoms with Gasteiger partial charge in [0, 0.05) is 21.2 Å². The average Bonchev–Trinajstić information content (AvgIpc) is 2.41. The van der Waals surface area contributed by atoms with E-state index in [1.54, 1.807) is 38.1 Å². The lowest BCUT2D eigenvalue weighted by Gasteiger charge is -2.12. The van der Waals surface area contributed by atoms with Crippen molar-refractivity contribution in [1.82, 2.24) is 5.32 Å². The van der Waals surface area contributed by atoms with E-state index in [1.165, 1.54) is 7.11 Å². The Hall–Kier alpha value is -1.52. The zero-order valence-electron chi connectivity index (χ0n) is 11.4. The Morgan fingerprint density at radius 2 is 1.85 bits per heavy atom. The molecular formula is C14H15Cl2NO3. The van der Waals surface area contributed by atoms with Crippen LogP contribution in [0.4, 0.5) is 0 Å². The number of benzene rings is 1. The lowest BCUT2D eigenvalue weighted by molar-refractivity contribution is -0.144. The van der Waals surface area contributed by atoms with Gasteiger partial charge in [0.25, 0.3) is 0 Å². The van der Waals surface area contributed by atoms with Crippen molar-refractivity contribution in [2.75, 3.05) is 7.11 Å². The molecule has 1 N–H and O–H groups in total. The standard InChI is InChI=1S/C14H15Cl2NO3/c1-8(13(18)17-9(2)14(19)20-3)7-10-11(15)5-4-6-12(10)16/h4-7,9H,1-3H3,(H,17,18)/b8-7+/t9-/m1/s1. The van der Waals surface area contributed by atoms with E-state index in [0.29, 0.717) is 21.2 Å². The molecule has 0 saturated heterocycles. The van der Waals surface area contributed by atoms with Gasteiger partial charge in [0.2, 0.25) is 5.91 Å². The number of amides is 1. The quantitative estimate of drug-likeness (QED) is 0.686. The molecule has 1 amide bonds. The molecule has 1 aromatic rings. The molecule has 0 aliphatic rings. The summed E-state index contributed by atoms with van der Waals surface area (Å²) in [6.45, 7) is 3.15. The maximum atomic E-state index is 11.9. The maximum absolute atomic E-state index is 11.9. The van der Waals surface area contributed by atoms with Gasteiger partial charge in [0.1, 0.15) is 6.04 Å². The number of nitrogens with one attached hydrogen (secondary N) is 1. The summed E-state index contributed by atoms with van der Waals surface area (Å²) < 4.78 is 4.53. The van der Waals surface area contributed by atoms with Gasteiger partial charge in [-0.3, -0.25) is 4.79 Å². The topological polar surface area (TPSA) is 55.4 Å². The zero-order valence-corrected chi connectivity index (χ0v) is 12.9. The summed E-state index contributed by atoms with van der Waals surface area (Å²) in [6, 6.07) is 4.36. The van der Waals surface area contributed by atoms with E-state index in [2.05, 4.69) is 10.1 Å². The number of hydrogen-bond acceptors (Lipinski definition) is 3. The van der Waals surface area contributed by atoms with Crippen LogP contribution in [0.2, 0.25) is 10.0 Å². The van der Waals surface area contributed by atoms with Crippen LogP contribution in [0, 0.1) is 0 Å². The van der Waals surface area contributed by atoms with Crippen LogP contribution < -0.4 is 5.32 Å². The van der Waals surface area contributed by atoms with Crippen molar-refractivity contribution >= 4 is 41.2 Å². The summed E-state index contributed by atoms with van der Waals surface area (Å²) in [4.78, 5) is 23.2. The van der Waals surface area contributed by atoms with Crippen LogP contribution >= 0.6 is 23.2 Å². The first-order valence-corrected chi connectivity index (χ1v) is 6.63. The van der Waals surface area contributed by atoms with Crippen LogP contribution in [0.25, 0.3) is 6.08 Å². The zero-order chi connectivity index (χ0) is 15.3. The van der Waals surface area contributed by atoms with Gasteiger partial charge in [-0.1, -0.05) is 29.3 Å². The summed E-state index contributed by atoms with van der Waals surface area (Å²) in [7, 11) is 1.26. The summed E-state index contributed by atoms with van der Waals surface area (Å²) in [5.74, 6) is -0.902. The van der Waals surface area contributed by atoms with Crippen LogP contribution in [0.1, 0.15) is 19.4 Å². The van der Waals surface area contributed by atoms with Crippen LogP contribution in [-0.2, 0) is 14.3 Å². The first kappa shape index (κ1) is 16.5. The van der Waals surface area contributed by atoms with Crippen molar-refractivity contribution in [2.24, 2.45) is 0 Å². The Bertz CT molecular complexity index is 535. The molecule has 0 fully saturated rings. The average molecular weight is 316 g/mol. The molecule has 0 unspecified atom stereocenters. The lowest BCUT2D eigenvalue weighted by Crippen LogP contribution is -2.39. The molecule has 4 nitrogen and oxygen atoms in total. The summed E-state index contributed by atoms with van der Waals surface area (Å²) in [5.41, 5.74) is 0.949. The second-order valence-corrected chi connectivity index (χ2v) is 5.00. The first-order chi connectivity index (χ1) is 9.36. The van der Waals surface area contributed by atoms with E-state index in [0.717, 1.165) is 0 Å². The van der Waals surface area contributed by atoms with Gasteiger partial charge in [-0.25, -0.2) is 4.79 Å². The van der Waals surface area contributed by atoms with Crippen molar-refractivity contribution in [3.8, 4) is 0 Å². The highest BCUT2D eigenvalue weighted by Gasteiger charge is 2.17. The van der Waals surface area contributed by atoms with Gasteiger partial charge in [-0.15, -0.1) is 0 Å². The molecule has 0 aliphatic carbocycles. The molecular weight excluding hydrogens is 301 g/mol. The van der Waals surface area contributed by atoms with E-state index >= 15 is 0 Å². The van der Waals surface area contributed by atoms with Crippen molar-refractivity contribution in [3.05, 3.63) is 39.4 Å². The number of hydrogen-bond donors (Lipinski definition) is 1. The number of halogens is 2. The van der Waals surface area contributed by atoms with Crippen molar-refractivity contribution in [1.29, 1.82) is 0 Å². The molecule has 0 bridgehead atoms. The fourth-order valence-electron chi connectivity index (χ4n) is 1.48. The van der Waals surface area contributed by atoms with Crippen LogP contribution in [0.15, 0.2) is 23.8 Å². The molecule has 0 radical (unpaired) electrons. The Balaban J connectivity index is 2.89. The fourth-order valence-corrected chi connectivity index (χ4v) is 1.98. The third-order valence-electron chi connectivity index (χ3n) is 2.62. The number of carbonyl (C=O) groups is 2. The molecule has 6 heteroatoms. The van der Waals surface area contributed by atoms with Gasteiger partial charge in [0.05, 0.1) is 7.11 Å². The Labute approximate surface area is 127 Å². The number of carbonyl (C=O) groups excluding carboxylic acids is 2. The van der Waals surface area contributed by atoms with Crippen LogP contribution in [0.3, 0.4) is 0 Å². The van der Waals surface area contributed by atoms with E-state index < -0.39 is 12.0 Å². The molecule has 1 atom stereocenters. The molecule has 1 aromatic carbocycles. The minimum absolute atomic E-state index is 0.385. The van der Waals surface area contributed by atoms with Crippen molar-refractivity contribution < 1.29 is 14.3 Å². The molecule has 0 spiro atoms. The predicted octanol–water partition coefficient (Wildman–Crippen LogP) is 3.07. The third kappa shape index (κ3) is 4.25. The van der Waals surface area contributed by atoms with Gasteiger partial charge in [-0.05, 0) is 32.1 Å². The molecule has 0 aliphatic heterocycles. The predicted molar refractivity (Wildman–Crippen MR) is 79.7 cm³/mol. The highest BCUT2D eigenvalue weighted by atomic mass is 35.5. The molecule has 0 saturated carbocycles. The van der Waals surface area contributed by atoms with E-state index in [-0.39, 0.29) is 5.91 Å². The van der Waals surface area contributed by atoms with Gasteiger partial charge in [-0.2, -0.15) is 0 Å². The Morgan fingerprint density at radius 1 is 1.30 bits per heavy atom. The Morgan fingerprint density at radius 3 is 2.35 bits per heavy atom. The third-order valence-corrected chi connectivity index (χ3v) is 3.28. The molecule has 20 heavy (non-hydrogen) atoms. The van der Waals surface area contributed by atoms with E-state index in [9.17, 15) is 9.59 Å². The monoisotopic (exact) mass is 315 g/mol. The largest absolute Gasteiger partial charge is 0.467 e. The minimum atomic E-state index is -0.724. The Kier molecular flexibility index (Phi) is 6.05. The van der Waals surface area contributed by atoms with Gasteiger partial charge < -0.3 is 10.1 Å². The van der Waals surface area contributed by atoms with Crippen molar-refractivity contribution in [2.45, 2.75) is 19.9 Å². The molecule has 1 rings (SSSR count). The molecule has 108 valence electrons. The molecule has 0 aromatic heterocycles. The second kappa shape index (κ2) is 7.31. The number of esters is 1. The minimum Gasteiger partial charge on any atom is -0.467 e. The second-order valence-electron chi connectivity index (χ2n) is 4.18. The van der Waals surface area contributed by atoms with E-state index in [1.807, 2.05) is 0 Å². The molecule has 0 heterocycles. The number of methoxy groups -OCH3 is 1. The van der Waals surface area contributed by atoms with Gasteiger partial charge in [0.15, 0.2) is 0 Å². The maximum Gasteiger partial charge on any atom is 0.328 e. The summed E-state index contributed by atoms with van der Waals surface area (Å²) in [5, 5.41) is 3.42. The number of rotatable bonds is 4. The SMILES string of the molecule is COC(=O)[C@@H](C)NC(=O)/C(C)=C/c1c(Cl)cccc1Cl. The fraction of sp³-hybridized carbons (Fsp3) is 0.286. The van der Waals surface area contributed by atoms with Gasteiger partial charge >= 0.3 is 5.97 Å². The summed E-state index contributed by atoms with van der Waals surface area (Å²) >= 11 is 12.0. The first-order valence-electron chi connectivity index (χ1n) is 5.87.